The Morgan fingerprint density at radius 1 is 1.11 bits per heavy atom. The van der Waals surface area contributed by atoms with Gasteiger partial charge in [-0.25, -0.2) is 8.42 Å². The third-order valence-corrected chi connectivity index (χ3v) is 5.86. The van der Waals surface area contributed by atoms with E-state index in [9.17, 15) is 13.2 Å². The molecule has 0 aliphatic carbocycles. The summed E-state index contributed by atoms with van der Waals surface area (Å²) in [5.74, 6) is 0.537. The van der Waals surface area contributed by atoms with Crippen LogP contribution in [0.3, 0.4) is 0 Å². The number of amides is 1. The summed E-state index contributed by atoms with van der Waals surface area (Å²) < 4.78 is 32.8. The summed E-state index contributed by atoms with van der Waals surface area (Å²) in [5, 5.41) is 0. The second-order valence-corrected chi connectivity index (χ2v) is 8.39. The maximum Gasteiger partial charge on any atom is 0.233 e. The molecule has 27 heavy (non-hydrogen) atoms. The van der Waals surface area contributed by atoms with Crippen LogP contribution in [-0.4, -0.2) is 33.7 Å². The first-order chi connectivity index (χ1) is 13.0. The van der Waals surface area contributed by atoms with Crippen molar-refractivity contribution in [2.75, 3.05) is 29.0 Å². The molecule has 2 aromatic carbocycles. The van der Waals surface area contributed by atoms with Crippen molar-refractivity contribution in [3.8, 4) is 5.75 Å². The van der Waals surface area contributed by atoms with Gasteiger partial charge in [-0.05, 0) is 37.0 Å². The van der Waals surface area contributed by atoms with Crippen molar-refractivity contribution in [2.24, 2.45) is 0 Å². The van der Waals surface area contributed by atoms with Gasteiger partial charge in [-0.3, -0.25) is 9.52 Å². The molecular weight excluding hydrogens is 364 g/mol. The summed E-state index contributed by atoms with van der Waals surface area (Å²) in [6.45, 7) is 0.650. The average molecular weight is 388 g/mol. The van der Waals surface area contributed by atoms with Crippen LogP contribution in [0.5, 0.6) is 5.75 Å². The molecule has 0 radical (unpaired) electrons. The molecule has 144 valence electrons. The average Bonchev–Trinajstić information content (AvgIpc) is 2.67. The van der Waals surface area contributed by atoms with E-state index in [1.54, 1.807) is 23.1 Å². The van der Waals surface area contributed by atoms with Crippen LogP contribution in [0, 0.1) is 0 Å². The second-order valence-electron chi connectivity index (χ2n) is 6.55. The van der Waals surface area contributed by atoms with Gasteiger partial charge in [0.15, 0.2) is 0 Å². The van der Waals surface area contributed by atoms with Gasteiger partial charge in [0, 0.05) is 19.0 Å². The van der Waals surface area contributed by atoms with Gasteiger partial charge < -0.3 is 9.64 Å². The Balaban J connectivity index is 1.72. The Kier molecular flexibility index (Phi) is 6.01. The highest BCUT2D eigenvalue weighted by Crippen LogP contribution is 2.33. The number of aryl methyl sites for hydroxylation is 1. The van der Waals surface area contributed by atoms with E-state index in [1.807, 2.05) is 30.3 Å². The number of ether oxygens (including phenoxy) is 1. The van der Waals surface area contributed by atoms with Crippen molar-refractivity contribution in [2.45, 2.75) is 25.7 Å². The minimum atomic E-state index is -3.49. The van der Waals surface area contributed by atoms with Gasteiger partial charge >= 0.3 is 0 Å². The van der Waals surface area contributed by atoms with Crippen LogP contribution < -0.4 is 14.4 Å². The molecule has 1 heterocycles. The lowest BCUT2D eigenvalue weighted by molar-refractivity contribution is -0.119. The van der Waals surface area contributed by atoms with Crippen LogP contribution in [0.1, 0.15) is 24.8 Å². The Bertz CT molecular complexity index is 897. The van der Waals surface area contributed by atoms with Crippen molar-refractivity contribution in [1.82, 2.24) is 0 Å². The maximum absolute atomic E-state index is 12.4. The van der Waals surface area contributed by atoms with Crippen molar-refractivity contribution in [3.63, 3.8) is 0 Å². The Morgan fingerprint density at radius 3 is 2.59 bits per heavy atom. The lowest BCUT2D eigenvalue weighted by Gasteiger charge is -2.28. The molecule has 1 amide bonds. The monoisotopic (exact) mass is 388 g/mol. The zero-order valence-electron chi connectivity index (χ0n) is 15.3. The molecule has 2 aromatic rings. The lowest BCUT2D eigenvalue weighted by atomic mass is 10.1. The number of methoxy groups -OCH3 is 1. The molecule has 1 aliphatic heterocycles. The van der Waals surface area contributed by atoms with Crippen molar-refractivity contribution in [1.29, 1.82) is 0 Å². The van der Waals surface area contributed by atoms with E-state index in [4.69, 9.17) is 4.74 Å². The summed E-state index contributed by atoms with van der Waals surface area (Å²) in [6, 6.07) is 14.5. The first-order valence-electron chi connectivity index (χ1n) is 9.01. The van der Waals surface area contributed by atoms with Crippen LogP contribution in [-0.2, 0) is 21.2 Å². The molecule has 7 heteroatoms. The summed E-state index contributed by atoms with van der Waals surface area (Å²) in [4.78, 5) is 13.9. The minimum absolute atomic E-state index is 0.00824. The fraction of sp³-hybridized carbons (Fsp3) is 0.350. The number of nitrogens with zero attached hydrogens (tertiary/aromatic N) is 1. The zero-order valence-corrected chi connectivity index (χ0v) is 16.2. The molecule has 0 aromatic heterocycles. The van der Waals surface area contributed by atoms with E-state index < -0.39 is 10.0 Å². The molecule has 3 rings (SSSR count). The molecule has 0 atom stereocenters. The Morgan fingerprint density at radius 2 is 1.89 bits per heavy atom. The highest BCUT2D eigenvalue weighted by molar-refractivity contribution is 7.92. The summed E-state index contributed by atoms with van der Waals surface area (Å²) in [7, 11) is -1.98. The number of anilines is 2. The van der Waals surface area contributed by atoms with Crippen LogP contribution >= 0.6 is 0 Å². The van der Waals surface area contributed by atoms with Crippen molar-refractivity contribution in [3.05, 3.63) is 54.1 Å². The van der Waals surface area contributed by atoms with Crippen LogP contribution in [0.4, 0.5) is 11.4 Å². The molecule has 6 nitrogen and oxygen atoms in total. The first-order valence-corrected chi connectivity index (χ1v) is 10.7. The van der Waals surface area contributed by atoms with Gasteiger partial charge in [0.2, 0.25) is 15.9 Å². The number of hydrogen-bond acceptors (Lipinski definition) is 4. The van der Waals surface area contributed by atoms with Gasteiger partial charge in [-0.1, -0.05) is 30.3 Å². The summed E-state index contributed by atoms with van der Waals surface area (Å²) >= 11 is 0. The van der Waals surface area contributed by atoms with Gasteiger partial charge in [-0.15, -0.1) is 0 Å². The highest BCUT2D eigenvalue weighted by atomic mass is 32.2. The number of carbonyl (C=O) groups is 1. The molecule has 1 fully saturated rings. The summed E-state index contributed by atoms with van der Waals surface area (Å²) in [6.07, 6.45) is 2.81. The van der Waals surface area contributed by atoms with Crippen LogP contribution in [0.2, 0.25) is 0 Å². The quantitative estimate of drug-likeness (QED) is 0.790. The van der Waals surface area contributed by atoms with E-state index in [-0.39, 0.29) is 11.7 Å². The minimum Gasteiger partial charge on any atom is -0.494 e. The fourth-order valence-electron chi connectivity index (χ4n) is 3.15. The SMILES string of the molecule is COc1cc(NS(=O)(=O)CCc2ccccc2)ccc1N1CCCCC1=O. The number of carbonyl (C=O) groups excluding carboxylic acids is 1. The Labute approximate surface area is 160 Å². The molecule has 0 saturated carbocycles. The molecule has 1 N–H and O–H groups in total. The Hall–Kier alpha value is -2.54. The number of sulfonamides is 1. The second kappa shape index (κ2) is 8.43. The van der Waals surface area contributed by atoms with Crippen LogP contribution in [0.15, 0.2) is 48.5 Å². The standard InChI is InChI=1S/C20H24N2O4S/c1-26-19-15-17(10-11-18(19)22-13-6-5-9-20(22)23)21-27(24,25)14-12-16-7-3-2-4-8-16/h2-4,7-8,10-11,15,21H,5-6,9,12-14H2,1H3. The third-order valence-electron chi connectivity index (χ3n) is 4.57. The summed E-state index contributed by atoms with van der Waals surface area (Å²) in [5.41, 5.74) is 2.07. The molecule has 0 bridgehead atoms. The zero-order chi connectivity index (χ0) is 19.3. The smallest absolute Gasteiger partial charge is 0.233 e. The van der Waals surface area contributed by atoms with Gasteiger partial charge in [0.05, 0.1) is 24.2 Å². The topological polar surface area (TPSA) is 75.7 Å². The number of rotatable bonds is 7. The van der Waals surface area contributed by atoms with E-state index in [0.717, 1.165) is 18.4 Å². The number of nitrogens with one attached hydrogen (secondary N) is 1. The van der Waals surface area contributed by atoms with Gasteiger partial charge in [-0.2, -0.15) is 0 Å². The van der Waals surface area contributed by atoms with Crippen LogP contribution in [0.25, 0.3) is 0 Å². The predicted molar refractivity (Wildman–Crippen MR) is 107 cm³/mol. The molecular formula is C20H24N2O4S. The first kappa shape index (κ1) is 19.2. The van der Waals surface area contributed by atoms with E-state index in [0.29, 0.717) is 36.5 Å². The third kappa shape index (κ3) is 5.01. The number of piperidine rings is 1. The molecule has 0 spiro atoms. The van der Waals surface area contributed by atoms with Crippen molar-refractivity contribution >= 4 is 27.3 Å². The van der Waals surface area contributed by atoms with Crippen molar-refractivity contribution < 1.29 is 17.9 Å². The number of hydrogen-bond donors (Lipinski definition) is 1. The normalized spacial score (nSPS) is 14.9. The lowest BCUT2D eigenvalue weighted by Crippen LogP contribution is -2.35. The largest absolute Gasteiger partial charge is 0.494 e. The molecule has 1 aliphatic rings. The fourth-order valence-corrected chi connectivity index (χ4v) is 4.24. The molecule has 1 saturated heterocycles. The number of benzene rings is 2. The van der Waals surface area contributed by atoms with Gasteiger partial charge in [0.1, 0.15) is 5.75 Å². The van der Waals surface area contributed by atoms with E-state index >= 15 is 0 Å². The molecule has 0 unspecified atom stereocenters. The predicted octanol–water partition coefficient (Wildman–Crippen LogP) is 3.20. The van der Waals surface area contributed by atoms with E-state index in [2.05, 4.69) is 4.72 Å². The van der Waals surface area contributed by atoms with Gasteiger partial charge in [0.25, 0.3) is 0 Å². The highest BCUT2D eigenvalue weighted by Gasteiger charge is 2.23. The van der Waals surface area contributed by atoms with E-state index in [1.165, 1.54) is 7.11 Å². The maximum atomic E-state index is 12.4.